The SMILES string of the molecule is COc1ccc(C(CC(=O)N2CCOC(C)C2)C(C)C)cc1C. The smallest absolute Gasteiger partial charge is 0.223 e. The number of amides is 1. The number of hydrogen-bond acceptors (Lipinski definition) is 3. The van der Waals surface area contributed by atoms with E-state index >= 15 is 0 Å². The molecular formula is C19H29NO3. The molecule has 128 valence electrons. The fourth-order valence-electron chi connectivity index (χ4n) is 3.23. The van der Waals surface area contributed by atoms with Gasteiger partial charge < -0.3 is 14.4 Å². The minimum atomic E-state index is 0.133. The Kier molecular flexibility index (Phi) is 6.05. The quantitative estimate of drug-likeness (QED) is 0.835. The number of carbonyl (C=O) groups is 1. The van der Waals surface area contributed by atoms with E-state index < -0.39 is 0 Å². The number of ether oxygens (including phenoxy) is 2. The van der Waals surface area contributed by atoms with Crippen LogP contribution in [0.2, 0.25) is 0 Å². The zero-order valence-corrected chi connectivity index (χ0v) is 15.0. The minimum absolute atomic E-state index is 0.133. The van der Waals surface area contributed by atoms with Crippen LogP contribution in [0.5, 0.6) is 5.75 Å². The van der Waals surface area contributed by atoms with Crippen LogP contribution in [0.25, 0.3) is 0 Å². The van der Waals surface area contributed by atoms with E-state index in [-0.39, 0.29) is 17.9 Å². The summed E-state index contributed by atoms with van der Waals surface area (Å²) < 4.78 is 10.9. The molecule has 2 rings (SSSR count). The van der Waals surface area contributed by atoms with Crippen LogP contribution in [0.1, 0.15) is 44.2 Å². The van der Waals surface area contributed by atoms with Crippen molar-refractivity contribution >= 4 is 5.91 Å². The normalized spacial score (nSPS) is 19.7. The van der Waals surface area contributed by atoms with Crippen molar-refractivity contribution in [3.8, 4) is 5.75 Å². The van der Waals surface area contributed by atoms with Crippen LogP contribution < -0.4 is 4.74 Å². The standard InChI is InChI=1S/C19H29NO3/c1-13(2)17(16-6-7-18(22-5)14(3)10-16)11-19(21)20-8-9-23-15(4)12-20/h6-7,10,13,15,17H,8-9,11-12H2,1-5H3. The average Bonchev–Trinajstić information content (AvgIpc) is 2.52. The summed E-state index contributed by atoms with van der Waals surface area (Å²) in [6.07, 6.45) is 0.685. The van der Waals surface area contributed by atoms with Crippen molar-refractivity contribution in [2.75, 3.05) is 26.8 Å². The van der Waals surface area contributed by atoms with E-state index in [1.807, 2.05) is 24.8 Å². The van der Waals surface area contributed by atoms with Crippen molar-refractivity contribution < 1.29 is 14.3 Å². The average molecular weight is 319 g/mol. The molecular weight excluding hydrogens is 290 g/mol. The Labute approximate surface area is 139 Å². The van der Waals surface area contributed by atoms with Crippen LogP contribution in [0.4, 0.5) is 0 Å². The summed E-state index contributed by atoms with van der Waals surface area (Å²) in [6, 6.07) is 6.24. The lowest BCUT2D eigenvalue weighted by Gasteiger charge is -2.33. The molecule has 1 saturated heterocycles. The predicted molar refractivity (Wildman–Crippen MR) is 91.9 cm³/mol. The zero-order chi connectivity index (χ0) is 17.0. The molecule has 1 heterocycles. The van der Waals surface area contributed by atoms with Gasteiger partial charge >= 0.3 is 0 Å². The highest BCUT2D eigenvalue weighted by atomic mass is 16.5. The first-order valence-corrected chi connectivity index (χ1v) is 8.46. The Balaban J connectivity index is 2.12. The van der Waals surface area contributed by atoms with Gasteiger partial charge in [0.05, 0.1) is 19.8 Å². The van der Waals surface area contributed by atoms with Gasteiger partial charge in [0.1, 0.15) is 5.75 Å². The van der Waals surface area contributed by atoms with E-state index in [1.54, 1.807) is 7.11 Å². The Morgan fingerprint density at radius 2 is 2.17 bits per heavy atom. The van der Waals surface area contributed by atoms with Gasteiger partial charge in [0.15, 0.2) is 0 Å². The van der Waals surface area contributed by atoms with Crippen LogP contribution >= 0.6 is 0 Å². The molecule has 0 spiro atoms. The van der Waals surface area contributed by atoms with Gasteiger partial charge in [-0.2, -0.15) is 0 Å². The van der Waals surface area contributed by atoms with Crippen molar-refractivity contribution in [2.45, 2.75) is 46.1 Å². The highest BCUT2D eigenvalue weighted by molar-refractivity contribution is 5.77. The third-order valence-electron chi connectivity index (χ3n) is 4.64. The van der Waals surface area contributed by atoms with Gasteiger partial charge in [0.2, 0.25) is 5.91 Å². The second-order valence-corrected chi connectivity index (χ2v) is 6.80. The number of nitrogens with zero attached hydrogens (tertiary/aromatic N) is 1. The lowest BCUT2D eigenvalue weighted by molar-refractivity contribution is -0.138. The largest absolute Gasteiger partial charge is 0.496 e. The molecule has 23 heavy (non-hydrogen) atoms. The number of morpholine rings is 1. The summed E-state index contributed by atoms with van der Waals surface area (Å²) in [5, 5.41) is 0. The molecule has 0 aliphatic carbocycles. The molecule has 2 atom stereocenters. The van der Waals surface area contributed by atoms with Gasteiger partial charge in [-0.1, -0.05) is 26.0 Å². The van der Waals surface area contributed by atoms with Crippen LogP contribution in [0.15, 0.2) is 18.2 Å². The number of carbonyl (C=O) groups excluding carboxylic acids is 1. The van der Waals surface area contributed by atoms with Crippen molar-refractivity contribution in [1.29, 1.82) is 0 Å². The maximum absolute atomic E-state index is 12.7. The summed E-state index contributed by atoms with van der Waals surface area (Å²) in [7, 11) is 1.69. The second kappa shape index (κ2) is 7.82. The Morgan fingerprint density at radius 3 is 2.74 bits per heavy atom. The molecule has 0 bridgehead atoms. The first-order valence-electron chi connectivity index (χ1n) is 8.46. The van der Waals surface area contributed by atoms with Crippen LogP contribution in [0, 0.1) is 12.8 Å². The van der Waals surface area contributed by atoms with Crippen molar-refractivity contribution in [3.05, 3.63) is 29.3 Å². The zero-order valence-electron chi connectivity index (χ0n) is 15.0. The van der Waals surface area contributed by atoms with E-state index in [9.17, 15) is 4.79 Å². The van der Waals surface area contributed by atoms with E-state index in [0.29, 0.717) is 32.0 Å². The highest BCUT2D eigenvalue weighted by Crippen LogP contribution is 2.31. The van der Waals surface area contributed by atoms with Gasteiger partial charge in [-0.05, 0) is 42.9 Å². The first-order chi connectivity index (χ1) is 10.9. The number of hydrogen-bond donors (Lipinski definition) is 0. The molecule has 0 saturated carbocycles. The number of aryl methyl sites for hydroxylation is 1. The molecule has 0 N–H and O–H groups in total. The fourth-order valence-corrected chi connectivity index (χ4v) is 3.23. The molecule has 1 aliphatic heterocycles. The monoisotopic (exact) mass is 319 g/mol. The predicted octanol–water partition coefficient (Wildman–Crippen LogP) is 3.38. The van der Waals surface area contributed by atoms with E-state index in [0.717, 1.165) is 11.3 Å². The second-order valence-electron chi connectivity index (χ2n) is 6.80. The Hall–Kier alpha value is -1.55. The lowest BCUT2D eigenvalue weighted by Crippen LogP contribution is -2.45. The summed E-state index contributed by atoms with van der Waals surface area (Å²) in [6.45, 7) is 10.5. The van der Waals surface area contributed by atoms with Gasteiger partial charge in [-0.3, -0.25) is 4.79 Å². The third-order valence-corrected chi connectivity index (χ3v) is 4.64. The Bertz CT molecular complexity index is 541. The van der Waals surface area contributed by atoms with Crippen molar-refractivity contribution in [2.24, 2.45) is 5.92 Å². The summed E-state index contributed by atoms with van der Waals surface area (Å²) >= 11 is 0. The first kappa shape index (κ1) is 17.8. The molecule has 1 fully saturated rings. The van der Waals surface area contributed by atoms with Crippen LogP contribution in [0.3, 0.4) is 0 Å². The van der Waals surface area contributed by atoms with Crippen molar-refractivity contribution in [3.63, 3.8) is 0 Å². The fraction of sp³-hybridized carbons (Fsp3) is 0.632. The van der Waals surface area contributed by atoms with Gasteiger partial charge in [-0.15, -0.1) is 0 Å². The molecule has 0 aromatic heterocycles. The topological polar surface area (TPSA) is 38.8 Å². The third kappa shape index (κ3) is 4.47. The van der Waals surface area contributed by atoms with Crippen LogP contribution in [-0.2, 0) is 9.53 Å². The molecule has 1 amide bonds. The van der Waals surface area contributed by atoms with Crippen LogP contribution in [-0.4, -0.2) is 43.7 Å². The van der Waals surface area contributed by atoms with E-state index in [4.69, 9.17) is 9.47 Å². The summed E-state index contributed by atoms with van der Waals surface area (Å²) in [5.74, 6) is 1.76. The molecule has 2 unspecified atom stereocenters. The van der Waals surface area contributed by atoms with E-state index in [2.05, 4.69) is 26.0 Å². The molecule has 1 aromatic rings. The molecule has 1 aromatic carbocycles. The maximum Gasteiger partial charge on any atom is 0.223 e. The van der Waals surface area contributed by atoms with Crippen molar-refractivity contribution in [1.82, 2.24) is 4.90 Å². The number of rotatable bonds is 5. The molecule has 0 radical (unpaired) electrons. The lowest BCUT2D eigenvalue weighted by atomic mass is 9.84. The van der Waals surface area contributed by atoms with E-state index in [1.165, 1.54) is 5.56 Å². The number of benzene rings is 1. The maximum atomic E-state index is 12.7. The highest BCUT2D eigenvalue weighted by Gasteiger charge is 2.26. The minimum Gasteiger partial charge on any atom is -0.496 e. The van der Waals surface area contributed by atoms with Gasteiger partial charge in [-0.25, -0.2) is 0 Å². The molecule has 4 nitrogen and oxygen atoms in total. The molecule has 1 aliphatic rings. The molecule has 4 heteroatoms. The summed E-state index contributed by atoms with van der Waals surface area (Å²) in [5.41, 5.74) is 2.33. The summed E-state index contributed by atoms with van der Waals surface area (Å²) in [4.78, 5) is 14.6. The Morgan fingerprint density at radius 1 is 1.43 bits per heavy atom. The van der Waals surface area contributed by atoms with Gasteiger partial charge in [0, 0.05) is 19.5 Å². The van der Waals surface area contributed by atoms with Gasteiger partial charge in [0.25, 0.3) is 0 Å². The number of methoxy groups -OCH3 is 1.